The van der Waals surface area contributed by atoms with Crippen LogP contribution in [0.5, 0.6) is 23.0 Å². The zero-order valence-electron chi connectivity index (χ0n) is 19.4. The minimum Gasteiger partial charge on any atom is -0.496 e. The van der Waals surface area contributed by atoms with E-state index in [1.54, 1.807) is 34.5 Å². The largest absolute Gasteiger partial charge is 0.496 e. The average Bonchev–Trinajstić information content (AvgIpc) is 2.85. The van der Waals surface area contributed by atoms with Crippen LogP contribution in [0.2, 0.25) is 0 Å². The molecule has 2 aromatic rings. The van der Waals surface area contributed by atoms with Gasteiger partial charge in [-0.05, 0) is 37.1 Å². The topological polar surface area (TPSA) is 66.5 Å². The molecule has 0 bridgehead atoms. The van der Waals surface area contributed by atoms with E-state index in [-0.39, 0.29) is 5.91 Å². The van der Waals surface area contributed by atoms with Crippen LogP contribution in [0.4, 0.5) is 0 Å². The lowest BCUT2D eigenvalue weighted by molar-refractivity contribution is 0.0772. The van der Waals surface area contributed by atoms with Crippen LogP contribution in [0, 0.1) is 0 Å². The molecule has 172 valence electrons. The number of hydrogen-bond acceptors (Lipinski definition) is 6. The van der Waals surface area contributed by atoms with E-state index >= 15 is 0 Å². The van der Waals surface area contributed by atoms with Gasteiger partial charge in [-0.25, -0.2) is 0 Å². The Labute approximate surface area is 189 Å². The van der Waals surface area contributed by atoms with Crippen LogP contribution >= 0.6 is 0 Å². The molecule has 0 spiro atoms. The van der Waals surface area contributed by atoms with E-state index in [2.05, 4.69) is 6.08 Å². The molecule has 0 fully saturated rings. The van der Waals surface area contributed by atoms with Crippen molar-refractivity contribution in [1.29, 1.82) is 0 Å². The van der Waals surface area contributed by atoms with Crippen molar-refractivity contribution in [3.8, 4) is 23.0 Å². The Morgan fingerprint density at radius 2 is 1.62 bits per heavy atom. The summed E-state index contributed by atoms with van der Waals surface area (Å²) < 4.78 is 27.4. The van der Waals surface area contributed by atoms with Gasteiger partial charge in [0.15, 0.2) is 0 Å². The number of benzene rings is 2. The fraction of sp³-hybridized carbons (Fsp3) is 0.400. The Morgan fingerprint density at radius 1 is 0.938 bits per heavy atom. The number of carbonyl (C=O) groups is 1. The molecule has 1 aliphatic rings. The summed E-state index contributed by atoms with van der Waals surface area (Å²) in [5.74, 6) is 2.73. The monoisotopic (exact) mass is 441 g/mol. The number of methoxy groups -OCH3 is 4. The highest BCUT2D eigenvalue weighted by Crippen LogP contribution is 2.41. The summed E-state index contributed by atoms with van der Waals surface area (Å²) >= 11 is 0. The molecule has 1 aliphatic heterocycles. The summed E-state index contributed by atoms with van der Waals surface area (Å²) in [6.07, 6.45) is 2.74. The Morgan fingerprint density at radius 3 is 2.16 bits per heavy atom. The number of carbonyl (C=O) groups excluding carboxylic acids is 1. The van der Waals surface area contributed by atoms with Crippen molar-refractivity contribution in [2.45, 2.75) is 20.0 Å². The predicted molar refractivity (Wildman–Crippen MR) is 123 cm³/mol. The molecule has 0 unspecified atom stereocenters. The van der Waals surface area contributed by atoms with Gasteiger partial charge in [-0.3, -0.25) is 4.79 Å². The van der Waals surface area contributed by atoms with Gasteiger partial charge in [-0.2, -0.15) is 0 Å². The third kappa shape index (κ3) is 4.99. The van der Waals surface area contributed by atoms with Crippen LogP contribution in [-0.4, -0.2) is 58.9 Å². The van der Waals surface area contributed by atoms with Crippen LogP contribution in [-0.2, 0) is 11.3 Å². The second-order valence-electron chi connectivity index (χ2n) is 7.30. The Balaban J connectivity index is 1.82. The van der Waals surface area contributed by atoms with E-state index in [9.17, 15) is 4.79 Å². The molecule has 0 N–H and O–H groups in total. The van der Waals surface area contributed by atoms with Gasteiger partial charge < -0.3 is 28.6 Å². The predicted octanol–water partition coefficient (Wildman–Crippen LogP) is 4.19. The Kier molecular flexibility index (Phi) is 8.00. The molecule has 0 aromatic heterocycles. The fourth-order valence-corrected chi connectivity index (χ4v) is 3.82. The zero-order valence-corrected chi connectivity index (χ0v) is 19.4. The summed E-state index contributed by atoms with van der Waals surface area (Å²) in [6.45, 7) is 4.03. The molecule has 32 heavy (non-hydrogen) atoms. The van der Waals surface area contributed by atoms with Crippen LogP contribution in [0.15, 0.2) is 36.4 Å². The van der Waals surface area contributed by atoms with Gasteiger partial charge in [0.1, 0.15) is 23.0 Å². The van der Waals surface area contributed by atoms with Gasteiger partial charge in [-0.15, -0.1) is 0 Å². The summed E-state index contributed by atoms with van der Waals surface area (Å²) in [5.41, 5.74) is 3.46. The molecule has 0 atom stereocenters. The first kappa shape index (κ1) is 23.5. The standard InChI is InChI=1S/C25H31NO6/c1-6-32-16-19-13-18(7-8-21(19)29-3)25(27)26-11-9-17(10-12-26)24-22(30-4)14-20(28-2)15-23(24)31-5/h7-9,13-15H,6,10-12,16H2,1-5H3. The third-order valence-corrected chi connectivity index (χ3v) is 5.52. The lowest BCUT2D eigenvalue weighted by Crippen LogP contribution is -2.34. The number of hydrogen-bond donors (Lipinski definition) is 0. The first-order chi connectivity index (χ1) is 15.6. The van der Waals surface area contributed by atoms with Gasteiger partial charge in [0, 0.05) is 43.0 Å². The maximum absolute atomic E-state index is 13.1. The summed E-state index contributed by atoms with van der Waals surface area (Å²) in [6, 6.07) is 9.15. The van der Waals surface area contributed by atoms with Crippen LogP contribution in [0.3, 0.4) is 0 Å². The maximum atomic E-state index is 13.1. The highest BCUT2D eigenvalue weighted by atomic mass is 16.5. The van der Waals surface area contributed by atoms with Crippen molar-refractivity contribution in [3.63, 3.8) is 0 Å². The van der Waals surface area contributed by atoms with Crippen LogP contribution in [0.25, 0.3) is 5.57 Å². The first-order valence-corrected chi connectivity index (χ1v) is 10.6. The van der Waals surface area contributed by atoms with Gasteiger partial charge in [-0.1, -0.05) is 6.08 Å². The van der Waals surface area contributed by atoms with Crippen molar-refractivity contribution in [3.05, 3.63) is 53.1 Å². The van der Waals surface area contributed by atoms with Crippen molar-refractivity contribution in [2.24, 2.45) is 0 Å². The van der Waals surface area contributed by atoms with E-state index in [1.165, 1.54) is 0 Å². The highest BCUT2D eigenvalue weighted by molar-refractivity contribution is 5.95. The molecular formula is C25H31NO6. The summed E-state index contributed by atoms with van der Waals surface area (Å²) in [4.78, 5) is 15.0. The molecule has 0 aliphatic carbocycles. The minimum absolute atomic E-state index is 0.0191. The van der Waals surface area contributed by atoms with E-state index in [0.29, 0.717) is 55.5 Å². The van der Waals surface area contributed by atoms with E-state index in [0.717, 1.165) is 22.4 Å². The number of nitrogens with zero attached hydrogens (tertiary/aromatic N) is 1. The smallest absolute Gasteiger partial charge is 0.254 e. The van der Waals surface area contributed by atoms with Crippen LogP contribution in [0.1, 0.15) is 34.8 Å². The van der Waals surface area contributed by atoms with Crippen molar-refractivity contribution in [1.82, 2.24) is 4.90 Å². The summed E-state index contributed by atoms with van der Waals surface area (Å²) in [7, 11) is 6.47. The zero-order chi connectivity index (χ0) is 23.1. The van der Waals surface area contributed by atoms with Gasteiger partial charge in [0.05, 0.1) is 40.6 Å². The maximum Gasteiger partial charge on any atom is 0.254 e. The minimum atomic E-state index is -0.0191. The molecule has 0 saturated carbocycles. The van der Waals surface area contributed by atoms with Gasteiger partial charge >= 0.3 is 0 Å². The quantitative estimate of drug-likeness (QED) is 0.581. The first-order valence-electron chi connectivity index (χ1n) is 10.6. The molecule has 0 radical (unpaired) electrons. The molecule has 7 heteroatoms. The lowest BCUT2D eigenvalue weighted by atomic mass is 9.96. The SMILES string of the molecule is CCOCc1cc(C(=O)N2CC=C(c3c(OC)cc(OC)cc3OC)CC2)ccc1OC. The number of amides is 1. The molecular weight excluding hydrogens is 410 g/mol. The van der Waals surface area contributed by atoms with E-state index in [1.807, 2.05) is 36.1 Å². The second-order valence-corrected chi connectivity index (χ2v) is 7.30. The van der Waals surface area contributed by atoms with Gasteiger partial charge in [0.25, 0.3) is 5.91 Å². The third-order valence-electron chi connectivity index (χ3n) is 5.52. The number of ether oxygens (including phenoxy) is 5. The molecule has 0 saturated heterocycles. The fourth-order valence-electron chi connectivity index (χ4n) is 3.82. The van der Waals surface area contributed by atoms with E-state index < -0.39 is 0 Å². The molecule has 3 rings (SSSR count). The van der Waals surface area contributed by atoms with Crippen molar-refractivity contribution >= 4 is 11.5 Å². The Bertz CT molecular complexity index is 959. The molecule has 2 aromatic carbocycles. The highest BCUT2D eigenvalue weighted by Gasteiger charge is 2.24. The normalized spacial score (nSPS) is 13.4. The van der Waals surface area contributed by atoms with Crippen molar-refractivity contribution < 1.29 is 28.5 Å². The molecule has 7 nitrogen and oxygen atoms in total. The Hall–Kier alpha value is -3.19. The average molecular weight is 442 g/mol. The molecule has 1 amide bonds. The lowest BCUT2D eigenvalue weighted by Gasteiger charge is -2.28. The second kappa shape index (κ2) is 10.9. The van der Waals surface area contributed by atoms with Crippen molar-refractivity contribution in [2.75, 3.05) is 48.1 Å². The molecule has 1 heterocycles. The van der Waals surface area contributed by atoms with Gasteiger partial charge in [0.2, 0.25) is 0 Å². The number of rotatable bonds is 9. The van der Waals surface area contributed by atoms with E-state index in [4.69, 9.17) is 23.7 Å². The van der Waals surface area contributed by atoms with Crippen LogP contribution < -0.4 is 18.9 Å². The summed E-state index contributed by atoms with van der Waals surface area (Å²) in [5, 5.41) is 0.